The Labute approximate surface area is 111 Å². The summed E-state index contributed by atoms with van der Waals surface area (Å²) in [5.74, 6) is 0.727. The molecule has 0 atom stereocenters. The quantitative estimate of drug-likeness (QED) is 0.737. The zero-order chi connectivity index (χ0) is 11.8. The minimum Gasteiger partial charge on any atom is -0.337 e. The number of nitrogens with zero attached hydrogens (tertiary/aromatic N) is 2. The molecule has 3 aromatic rings. The lowest BCUT2D eigenvalue weighted by Crippen LogP contribution is -1.82. The molecular formula is C12H7BrClN3. The normalized spacial score (nSPS) is 10.9. The van der Waals surface area contributed by atoms with Gasteiger partial charge in [0.15, 0.2) is 5.65 Å². The third-order valence-corrected chi connectivity index (χ3v) is 3.26. The fraction of sp³-hybridized carbons (Fsp3) is 0. The fourth-order valence-corrected chi connectivity index (χ4v) is 2.22. The standard InChI is InChI=1S/C12H7BrClN3/c13-7-3-4-9(14)8(6-7)11-16-10-2-1-5-15-12(10)17-11/h1-6H,(H,15,16,17). The Hall–Kier alpha value is -1.39. The highest BCUT2D eigenvalue weighted by Gasteiger charge is 2.09. The van der Waals surface area contributed by atoms with Crippen LogP contribution in [0, 0.1) is 0 Å². The minimum atomic E-state index is 0.659. The van der Waals surface area contributed by atoms with Crippen molar-refractivity contribution in [1.29, 1.82) is 0 Å². The zero-order valence-electron chi connectivity index (χ0n) is 8.61. The number of aromatic nitrogens is 3. The summed E-state index contributed by atoms with van der Waals surface area (Å²) in [6.07, 6.45) is 1.72. The van der Waals surface area contributed by atoms with Gasteiger partial charge in [0.05, 0.1) is 10.5 Å². The predicted molar refractivity (Wildman–Crippen MR) is 72.0 cm³/mol. The summed E-state index contributed by atoms with van der Waals surface area (Å²) < 4.78 is 0.963. The summed E-state index contributed by atoms with van der Waals surface area (Å²) in [4.78, 5) is 11.8. The molecule has 1 aromatic carbocycles. The monoisotopic (exact) mass is 307 g/mol. The van der Waals surface area contributed by atoms with Crippen molar-refractivity contribution < 1.29 is 0 Å². The number of nitrogens with one attached hydrogen (secondary N) is 1. The van der Waals surface area contributed by atoms with Crippen molar-refractivity contribution in [2.24, 2.45) is 0 Å². The maximum atomic E-state index is 6.16. The van der Waals surface area contributed by atoms with Crippen molar-refractivity contribution in [2.45, 2.75) is 0 Å². The SMILES string of the molecule is Clc1ccc(Br)cc1-c1nc2ncccc2[nH]1. The molecule has 0 saturated carbocycles. The summed E-state index contributed by atoms with van der Waals surface area (Å²) in [5.41, 5.74) is 2.45. The predicted octanol–water partition coefficient (Wildman–Crippen LogP) is 4.04. The van der Waals surface area contributed by atoms with Gasteiger partial charge >= 0.3 is 0 Å². The Morgan fingerprint density at radius 1 is 1.24 bits per heavy atom. The number of rotatable bonds is 1. The van der Waals surface area contributed by atoms with E-state index in [9.17, 15) is 0 Å². The van der Waals surface area contributed by atoms with Crippen LogP contribution in [0.15, 0.2) is 41.0 Å². The van der Waals surface area contributed by atoms with E-state index in [1.165, 1.54) is 0 Å². The van der Waals surface area contributed by atoms with Gasteiger partial charge < -0.3 is 4.98 Å². The number of hydrogen-bond acceptors (Lipinski definition) is 2. The van der Waals surface area contributed by atoms with Gasteiger partial charge in [-0.05, 0) is 30.3 Å². The maximum absolute atomic E-state index is 6.16. The summed E-state index contributed by atoms with van der Waals surface area (Å²) in [7, 11) is 0. The highest BCUT2D eigenvalue weighted by molar-refractivity contribution is 9.10. The lowest BCUT2D eigenvalue weighted by Gasteiger charge is -2.00. The van der Waals surface area contributed by atoms with Crippen LogP contribution >= 0.6 is 27.5 Å². The van der Waals surface area contributed by atoms with Gasteiger partial charge in [-0.3, -0.25) is 0 Å². The number of pyridine rings is 1. The first kappa shape index (κ1) is 10.7. The van der Waals surface area contributed by atoms with Gasteiger partial charge in [-0.15, -0.1) is 0 Å². The van der Waals surface area contributed by atoms with E-state index < -0.39 is 0 Å². The molecule has 0 amide bonds. The van der Waals surface area contributed by atoms with Gasteiger partial charge in [-0.25, -0.2) is 9.97 Å². The van der Waals surface area contributed by atoms with Crippen molar-refractivity contribution in [3.05, 3.63) is 46.0 Å². The molecule has 84 valence electrons. The molecule has 2 heterocycles. The smallest absolute Gasteiger partial charge is 0.178 e. The molecule has 1 N–H and O–H groups in total. The number of fused-ring (bicyclic) bond motifs is 1. The number of hydrogen-bond donors (Lipinski definition) is 1. The number of H-pyrrole nitrogens is 1. The van der Waals surface area contributed by atoms with Gasteiger partial charge in [0, 0.05) is 16.2 Å². The molecular weight excluding hydrogens is 302 g/mol. The van der Waals surface area contributed by atoms with E-state index in [2.05, 4.69) is 30.9 Å². The average Bonchev–Trinajstić information content (AvgIpc) is 2.75. The molecule has 0 aliphatic carbocycles. The lowest BCUT2D eigenvalue weighted by molar-refractivity contribution is 1.30. The zero-order valence-corrected chi connectivity index (χ0v) is 11.0. The summed E-state index contributed by atoms with van der Waals surface area (Å²) in [5, 5.41) is 0.659. The van der Waals surface area contributed by atoms with E-state index >= 15 is 0 Å². The summed E-state index contributed by atoms with van der Waals surface area (Å²) >= 11 is 9.58. The topological polar surface area (TPSA) is 41.6 Å². The van der Waals surface area contributed by atoms with Crippen LogP contribution in [0.3, 0.4) is 0 Å². The van der Waals surface area contributed by atoms with Crippen molar-refractivity contribution in [2.75, 3.05) is 0 Å². The first-order chi connectivity index (χ1) is 8.24. The van der Waals surface area contributed by atoms with Crippen LogP contribution in [-0.4, -0.2) is 15.0 Å². The molecule has 2 aromatic heterocycles. The van der Waals surface area contributed by atoms with Crippen molar-refractivity contribution in [3.8, 4) is 11.4 Å². The van der Waals surface area contributed by atoms with Gasteiger partial charge in [-0.1, -0.05) is 27.5 Å². The van der Waals surface area contributed by atoms with E-state index in [-0.39, 0.29) is 0 Å². The summed E-state index contributed by atoms with van der Waals surface area (Å²) in [6, 6.07) is 9.46. The molecule has 0 spiro atoms. The van der Waals surface area contributed by atoms with Gasteiger partial charge in [0.25, 0.3) is 0 Å². The van der Waals surface area contributed by atoms with Crippen molar-refractivity contribution >= 4 is 38.7 Å². The largest absolute Gasteiger partial charge is 0.337 e. The Balaban J connectivity index is 2.23. The molecule has 0 aliphatic rings. The second kappa shape index (κ2) is 4.13. The molecule has 3 nitrogen and oxygen atoms in total. The third kappa shape index (κ3) is 1.94. The molecule has 0 fully saturated rings. The van der Waals surface area contributed by atoms with Gasteiger partial charge in [-0.2, -0.15) is 0 Å². The Morgan fingerprint density at radius 3 is 2.94 bits per heavy atom. The van der Waals surface area contributed by atoms with E-state index in [1.54, 1.807) is 6.20 Å². The van der Waals surface area contributed by atoms with Crippen LogP contribution in [-0.2, 0) is 0 Å². The van der Waals surface area contributed by atoms with Gasteiger partial charge in [0.2, 0.25) is 0 Å². The number of imidazole rings is 1. The fourth-order valence-electron chi connectivity index (χ4n) is 1.65. The second-order valence-electron chi connectivity index (χ2n) is 3.58. The molecule has 0 unspecified atom stereocenters. The molecule has 0 saturated heterocycles. The van der Waals surface area contributed by atoms with Crippen LogP contribution in [0.2, 0.25) is 5.02 Å². The lowest BCUT2D eigenvalue weighted by atomic mass is 10.2. The Morgan fingerprint density at radius 2 is 2.12 bits per heavy atom. The third-order valence-electron chi connectivity index (χ3n) is 2.44. The first-order valence-corrected chi connectivity index (χ1v) is 6.17. The summed E-state index contributed by atoms with van der Waals surface area (Å²) in [6.45, 7) is 0. The van der Waals surface area contributed by atoms with E-state index in [0.29, 0.717) is 10.7 Å². The molecule has 0 radical (unpaired) electrons. The molecule has 0 bridgehead atoms. The van der Waals surface area contributed by atoms with Crippen LogP contribution in [0.4, 0.5) is 0 Å². The minimum absolute atomic E-state index is 0.659. The highest BCUT2D eigenvalue weighted by atomic mass is 79.9. The Kier molecular flexibility index (Phi) is 2.61. The van der Waals surface area contributed by atoms with Gasteiger partial charge in [0.1, 0.15) is 5.82 Å². The number of halogens is 2. The average molecular weight is 309 g/mol. The van der Waals surface area contributed by atoms with Crippen molar-refractivity contribution in [3.63, 3.8) is 0 Å². The van der Waals surface area contributed by atoms with E-state index in [0.717, 1.165) is 21.4 Å². The molecule has 17 heavy (non-hydrogen) atoms. The van der Waals surface area contributed by atoms with Crippen LogP contribution in [0.25, 0.3) is 22.6 Å². The maximum Gasteiger partial charge on any atom is 0.178 e. The second-order valence-corrected chi connectivity index (χ2v) is 4.91. The Bertz CT molecular complexity index is 660. The first-order valence-electron chi connectivity index (χ1n) is 5.00. The van der Waals surface area contributed by atoms with Crippen LogP contribution in [0.1, 0.15) is 0 Å². The van der Waals surface area contributed by atoms with Crippen LogP contribution < -0.4 is 0 Å². The molecule has 5 heteroatoms. The van der Waals surface area contributed by atoms with Crippen LogP contribution in [0.5, 0.6) is 0 Å². The number of benzene rings is 1. The van der Waals surface area contributed by atoms with E-state index in [1.807, 2.05) is 30.3 Å². The van der Waals surface area contributed by atoms with E-state index in [4.69, 9.17) is 11.6 Å². The number of aromatic amines is 1. The molecule has 3 rings (SSSR count). The highest BCUT2D eigenvalue weighted by Crippen LogP contribution is 2.29. The van der Waals surface area contributed by atoms with Crippen molar-refractivity contribution in [1.82, 2.24) is 15.0 Å². The molecule has 0 aliphatic heterocycles.